The highest BCUT2D eigenvalue weighted by molar-refractivity contribution is 9.10. The van der Waals surface area contributed by atoms with Gasteiger partial charge in [-0.3, -0.25) is 9.59 Å². The van der Waals surface area contributed by atoms with E-state index in [4.69, 9.17) is 10.5 Å². The zero-order valence-electron chi connectivity index (χ0n) is 10.0. The predicted octanol–water partition coefficient (Wildman–Crippen LogP) is 1.06. The molecule has 2 N–H and O–H groups in total. The molecule has 102 valence electrons. The number of ether oxygens (including phenoxy) is 1. The first-order chi connectivity index (χ1) is 9.00. The molecule has 7 heteroatoms. The third-order valence-corrected chi connectivity index (χ3v) is 3.77. The Balaban J connectivity index is 2.28. The van der Waals surface area contributed by atoms with Crippen LogP contribution in [-0.2, 0) is 9.53 Å². The second-order valence-corrected chi connectivity index (χ2v) is 5.55. The Morgan fingerprint density at radius 3 is 2.84 bits per heavy atom. The molecule has 2 rings (SSSR count). The summed E-state index contributed by atoms with van der Waals surface area (Å²) in [6.07, 6.45) is 0. The Hall–Kier alpha value is -1.05. The minimum Gasteiger partial charge on any atom is -0.377 e. The largest absolute Gasteiger partial charge is 0.377 e. The number of halogens is 1. The van der Waals surface area contributed by atoms with E-state index in [0.29, 0.717) is 23.6 Å². The number of rotatable bonds is 2. The number of primary amides is 1. The Kier molecular flexibility index (Phi) is 4.49. The molecule has 1 atom stereocenters. The Morgan fingerprint density at radius 1 is 1.47 bits per heavy atom. The minimum atomic E-state index is -0.724. The first-order valence-corrected chi connectivity index (χ1v) is 6.91. The fourth-order valence-corrected chi connectivity index (χ4v) is 2.77. The summed E-state index contributed by atoms with van der Waals surface area (Å²) in [5.74, 6) is -0.824. The topological polar surface area (TPSA) is 72.6 Å². The molecule has 1 aromatic rings. The van der Waals surface area contributed by atoms with Gasteiger partial charge >= 0.3 is 0 Å². The number of thiol groups is 1. The van der Waals surface area contributed by atoms with E-state index in [1.807, 2.05) is 0 Å². The quantitative estimate of drug-likeness (QED) is 0.788. The van der Waals surface area contributed by atoms with E-state index >= 15 is 0 Å². The zero-order chi connectivity index (χ0) is 14.0. The van der Waals surface area contributed by atoms with Crippen LogP contribution in [0.2, 0.25) is 0 Å². The molecule has 0 aromatic heterocycles. The van der Waals surface area contributed by atoms with Crippen molar-refractivity contribution < 1.29 is 14.3 Å². The first kappa shape index (κ1) is 14.4. The van der Waals surface area contributed by atoms with Gasteiger partial charge in [0.15, 0.2) is 0 Å². The summed E-state index contributed by atoms with van der Waals surface area (Å²) in [7, 11) is 0. The van der Waals surface area contributed by atoms with Crippen LogP contribution in [0.5, 0.6) is 0 Å². The molecule has 1 aliphatic rings. The molecule has 1 heterocycles. The third kappa shape index (κ3) is 3.10. The number of hydrogen-bond donors (Lipinski definition) is 2. The monoisotopic (exact) mass is 344 g/mol. The molecular weight excluding hydrogens is 332 g/mol. The molecule has 1 unspecified atom stereocenters. The van der Waals surface area contributed by atoms with Crippen molar-refractivity contribution in [2.45, 2.75) is 10.9 Å². The summed E-state index contributed by atoms with van der Waals surface area (Å²) in [4.78, 5) is 25.8. The van der Waals surface area contributed by atoms with Gasteiger partial charge in [0.1, 0.15) is 6.04 Å². The second kappa shape index (κ2) is 5.94. The number of nitrogens with zero attached hydrogens (tertiary/aromatic N) is 1. The maximum atomic E-state index is 12.4. The van der Waals surface area contributed by atoms with Gasteiger partial charge in [0, 0.05) is 15.9 Å². The maximum absolute atomic E-state index is 12.4. The smallest absolute Gasteiger partial charge is 0.255 e. The van der Waals surface area contributed by atoms with Gasteiger partial charge in [0.05, 0.1) is 18.8 Å². The normalized spacial score (nSPS) is 19.3. The standard InChI is InChI=1S/C12H13BrN2O3S/c13-7-1-2-8(10(19)5-7)12(17)15-3-4-18-6-9(15)11(14)16/h1-2,5,9,19H,3-4,6H2,(H2,14,16). The van der Waals surface area contributed by atoms with Crippen molar-refractivity contribution in [1.29, 1.82) is 0 Å². The molecule has 0 saturated carbocycles. The van der Waals surface area contributed by atoms with E-state index in [9.17, 15) is 9.59 Å². The van der Waals surface area contributed by atoms with Gasteiger partial charge in [-0.25, -0.2) is 0 Å². The Labute approximate surface area is 124 Å². The molecular formula is C12H13BrN2O3S. The lowest BCUT2D eigenvalue weighted by Gasteiger charge is -2.33. The molecule has 0 bridgehead atoms. The van der Waals surface area contributed by atoms with E-state index in [2.05, 4.69) is 28.6 Å². The predicted molar refractivity (Wildman–Crippen MR) is 76.2 cm³/mol. The molecule has 5 nitrogen and oxygen atoms in total. The lowest BCUT2D eigenvalue weighted by atomic mass is 10.1. The van der Waals surface area contributed by atoms with Crippen LogP contribution >= 0.6 is 28.6 Å². The van der Waals surface area contributed by atoms with Gasteiger partial charge in [-0.05, 0) is 18.2 Å². The summed E-state index contributed by atoms with van der Waals surface area (Å²) in [5.41, 5.74) is 5.74. The van der Waals surface area contributed by atoms with Gasteiger partial charge < -0.3 is 15.4 Å². The van der Waals surface area contributed by atoms with Gasteiger partial charge in [0.2, 0.25) is 5.91 Å². The summed E-state index contributed by atoms with van der Waals surface area (Å²) in [6.45, 7) is 0.878. The maximum Gasteiger partial charge on any atom is 0.255 e. The number of carbonyl (C=O) groups is 2. The lowest BCUT2D eigenvalue weighted by molar-refractivity contribution is -0.127. The van der Waals surface area contributed by atoms with Crippen LogP contribution in [-0.4, -0.2) is 42.5 Å². The van der Waals surface area contributed by atoms with Crippen LogP contribution in [0.1, 0.15) is 10.4 Å². The van der Waals surface area contributed by atoms with Crippen molar-refractivity contribution in [3.05, 3.63) is 28.2 Å². The number of carbonyl (C=O) groups excluding carboxylic acids is 2. The van der Waals surface area contributed by atoms with Crippen molar-refractivity contribution in [3.63, 3.8) is 0 Å². The zero-order valence-corrected chi connectivity index (χ0v) is 12.5. The van der Waals surface area contributed by atoms with Gasteiger partial charge in [-0.2, -0.15) is 0 Å². The Bertz CT molecular complexity index is 524. The molecule has 1 aliphatic heterocycles. The molecule has 0 spiro atoms. The fraction of sp³-hybridized carbons (Fsp3) is 0.333. The average molecular weight is 345 g/mol. The summed E-state index contributed by atoms with van der Waals surface area (Å²) < 4.78 is 6.02. The molecule has 2 amide bonds. The highest BCUT2D eigenvalue weighted by Crippen LogP contribution is 2.22. The highest BCUT2D eigenvalue weighted by Gasteiger charge is 2.32. The number of hydrogen-bond acceptors (Lipinski definition) is 4. The van der Waals surface area contributed by atoms with E-state index in [0.717, 1.165) is 4.47 Å². The van der Waals surface area contributed by atoms with Gasteiger partial charge in [0.25, 0.3) is 5.91 Å². The number of nitrogens with two attached hydrogens (primary N) is 1. The number of benzene rings is 1. The third-order valence-electron chi connectivity index (χ3n) is 2.91. The lowest BCUT2D eigenvalue weighted by Crippen LogP contribution is -2.54. The molecule has 0 aliphatic carbocycles. The average Bonchev–Trinajstić information content (AvgIpc) is 2.38. The summed E-state index contributed by atoms with van der Waals surface area (Å²) >= 11 is 7.59. The van der Waals surface area contributed by atoms with Crippen LogP contribution in [0.4, 0.5) is 0 Å². The van der Waals surface area contributed by atoms with E-state index in [1.165, 1.54) is 4.90 Å². The first-order valence-electron chi connectivity index (χ1n) is 5.67. The molecule has 0 radical (unpaired) electrons. The summed E-state index contributed by atoms with van der Waals surface area (Å²) in [6, 6.07) is 4.43. The van der Waals surface area contributed by atoms with Crippen LogP contribution in [0.3, 0.4) is 0 Å². The molecule has 1 fully saturated rings. The van der Waals surface area contributed by atoms with Crippen molar-refractivity contribution in [3.8, 4) is 0 Å². The minimum absolute atomic E-state index is 0.138. The second-order valence-electron chi connectivity index (χ2n) is 4.15. The van der Waals surface area contributed by atoms with Crippen molar-refractivity contribution >= 4 is 40.4 Å². The van der Waals surface area contributed by atoms with E-state index in [-0.39, 0.29) is 12.5 Å². The molecule has 1 aromatic carbocycles. The SMILES string of the molecule is NC(=O)C1COCCN1C(=O)c1ccc(Br)cc1S. The molecule has 19 heavy (non-hydrogen) atoms. The highest BCUT2D eigenvalue weighted by atomic mass is 79.9. The Morgan fingerprint density at radius 2 is 2.21 bits per heavy atom. The fourth-order valence-electron chi connectivity index (χ4n) is 1.92. The molecule has 1 saturated heterocycles. The van der Waals surface area contributed by atoms with Crippen LogP contribution in [0, 0.1) is 0 Å². The number of amides is 2. The van der Waals surface area contributed by atoms with E-state index in [1.54, 1.807) is 18.2 Å². The van der Waals surface area contributed by atoms with Crippen molar-refractivity contribution in [2.75, 3.05) is 19.8 Å². The van der Waals surface area contributed by atoms with E-state index < -0.39 is 11.9 Å². The van der Waals surface area contributed by atoms with Gasteiger partial charge in [-0.15, -0.1) is 12.6 Å². The number of morpholine rings is 1. The van der Waals surface area contributed by atoms with Crippen molar-refractivity contribution in [1.82, 2.24) is 4.90 Å². The summed E-state index contributed by atoms with van der Waals surface area (Å²) in [5, 5.41) is 0. The van der Waals surface area contributed by atoms with Gasteiger partial charge in [-0.1, -0.05) is 15.9 Å². The van der Waals surface area contributed by atoms with Crippen LogP contribution < -0.4 is 5.73 Å². The van der Waals surface area contributed by atoms with Crippen LogP contribution in [0.25, 0.3) is 0 Å². The van der Waals surface area contributed by atoms with Crippen molar-refractivity contribution in [2.24, 2.45) is 5.73 Å². The van der Waals surface area contributed by atoms with Crippen LogP contribution in [0.15, 0.2) is 27.6 Å².